The predicted molar refractivity (Wildman–Crippen MR) is 69.3 cm³/mol. The van der Waals surface area contributed by atoms with Crippen LogP contribution in [-0.2, 0) is 0 Å². The molecule has 0 heterocycles. The van der Waals surface area contributed by atoms with Gasteiger partial charge in [0, 0.05) is 30.8 Å². The van der Waals surface area contributed by atoms with Gasteiger partial charge in [-0.3, -0.25) is 10.1 Å². The molecule has 0 spiro atoms. The van der Waals surface area contributed by atoms with Crippen LogP contribution in [-0.4, -0.2) is 23.6 Å². The van der Waals surface area contributed by atoms with Crippen LogP contribution < -0.4 is 10.6 Å². The molecule has 0 aliphatic heterocycles. The van der Waals surface area contributed by atoms with Crippen LogP contribution in [0.4, 0.5) is 15.8 Å². The minimum atomic E-state index is -0.544. The summed E-state index contributed by atoms with van der Waals surface area (Å²) in [6.07, 6.45) is 0. The fourth-order valence-corrected chi connectivity index (χ4v) is 1.40. The lowest BCUT2D eigenvalue weighted by Gasteiger charge is -2.20. The highest BCUT2D eigenvalue weighted by molar-refractivity contribution is 5.52. The van der Waals surface area contributed by atoms with Crippen LogP contribution >= 0.6 is 0 Å². The number of halogens is 1. The molecule has 0 aliphatic carbocycles. The van der Waals surface area contributed by atoms with Crippen LogP contribution in [0.5, 0.6) is 0 Å². The number of hydrogen-bond acceptors (Lipinski definition) is 4. The molecule has 0 bridgehead atoms. The van der Waals surface area contributed by atoms with Gasteiger partial charge in [0.25, 0.3) is 5.69 Å². The molecule has 100 valence electrons. The molecular formula is C12H18FN3O2. The molecule has 0 saturated heterocycles. The topological polar surface area (TPSA) is 67.2 Å². The lowest BCUT2D eigenvalue weighted by atomic mass is 10.1. The van der Waals surface area contributed by atoms with Crippen molar-refractivity contribution in [2.75, 3.05) is 18.4 Å². The fourth-order valence-electron chi connectivity index (χ4n) is 1.40. The minimum Gasteiger partial charge on any atom is -0.381 e. The summed E-state index contributed by atoms with van der Waals surface area (Å²) in [6.45, 7) is 7.23. The van der Waals surface area contributed by atoms with Gasteiger partial charge in [0.15, 0.2) is 0 Å². The summed E-state index contributed by atoms with van der Waals surface area (Å²) in [5.74, 6) is -0.489. The smallest absolute Gasteiger partial charge is 0.271 e. The first-order valence-corrected chi connectivity index (χ1v) is 5.72. The number of rotatable bonds is 5. The van der Waals surface area contributed by atoms with Gasteiger partial charge >= 0.3 is 0 Å². The van der Waals surface area contributed by atoms with E-state index < -0.39 is 10.7 Å². The van der Waals surface area contributed by atoms with Crippen LogP contribution in [0.1, 0.15) is 20.8 Å². The summed E-state index contributed by atoms with van der Waals surface area (Å²) in [6, 6.07) is 3.44. The number of hydrogen-bond donors (Lipinski definition) is 2. The summed E-state index contributed by atoms with van der Waals surface area (Å²) in [7, 11) is 0. The monoisotopic (exact) mass is 255 g/mol. The van der Waals surface area contributed by atoms with Crippen LogP contribution in [0, 0.1) is 15.9 Å². The van der Waals surface area contributed by atoms with Crippen molar-refractivity contribution < 1.29 is 9.31 Å². The first-order chi connectivity index (χ1) is 8.29. The SMILES string of the molecule is CC(C)(C)NCCNc1cc([N+](=O)[O-])ccc1F. The number of nitro benzene ring substituents is 1. The van der Waals surface area contributed by atoms with E-state index in [0.29, 0.717) is 13.1 Å². The average molecular weight is 255 g/mol. The van der Waals surface area contributed by atoms with Gasteiger partial charge < -0.3 is 10.6 Å². The van der Waals surface area contributed by atoms with E-state index in [9.17, 15) is 14.5 Å². The van der Waals surface area contributed by atoms with E-state index >= 15 is 0 Å². The van der Waals surface area contributed by atoms with Crippen molar-refractivity contribution in [1.82, 2.24) is 5.32 Å². The third-order valence-corrected chi connectivity index (χ3v) is 2.26. The zero-order valence-corrected chi connectivity index (χ0v) is 10.8. The Morgan fingerprint density at radius 2 is 2.00 bits per heavy atom. The quantitative estimate of drug-likeness (QED) is 0.482. The number of anilines is 1. The Bertz CT molecular complexity index is 430. The van der Waals surface area contributed by atoms with Crippen molar-refractivity contribution in [3.05, 3.63) is 34.1 Å². The van der Waals surface area contributed by atoms with Gasteiger partial charge in [-0.2, -0.15) is 0 Å². The van der Waals surface area contributed by atoms with Crippen LogP contribution in [0.15, 0.2) is 18.2 Å². The number of benzene rings is 1. The Kier molecular flexibility index (Phi) is 4.61. The molecule has 1 aromatic rings. The van der Waals surface area contributed by atoms with Gasteiger partial charge in [-0.05, 0) is 26.8 Å². The van der Waals surface area contributed by atoms with Gasteiger partial charge in [0.05, 0.1) is 10.6 Å². The molecule has 1 rings (SSSR count). The van der Waals surface area contributed by atoms with Crippen molar-refractivity contribution in [3.8, 4) is 0 Å². The number of non-ortho nitro benzene ring substituents is 1. The van der Waals surface area contributed by atoms with Crippen LogP contribution in [0.25, 0.3) is 0 Å². The van der Waals surface area contributed by atoms with Gasteiger partial charge in [-0.15, -0.1) is 0 Å². The van der Waals surface area contributed by atoms with E-state index in [2.05, 4.69) is 10.6 Å². The number of nitro groups is 1. The van der Waals surface area contributed by atoms with Gasteiger partial charge in [-0.25, -0.2) is 4.39 Å². The highest BCUT2D eigenvalue weighted by atomic mass is 19.1. The molecule has 0 saturated carbocycles. The molecule has 0 atom stereocenters. The third kappa shape index (κ3) is 4.67. The molecule has 0 aromatic heterocycles. The van der Waals surface area contributed by atoms with E-state index in [1.807, 2.05) is 20.8 Å². The molecule has 0 radical (unpaired) electrons. The zero-order chi connectivity index (χ0) is 13.8. The second-order valence-electron chi connectivity index (χ2n) is 5.02. The molecule has 0 fully saturated rings. The van der Waals surface area contributed by atoms with E-state index in [1.165, 1.54) is 6.07 Å². The lowest BCUT2D eigenvalue weighted by Crippen LogP contribution is -2.38. The molecule has 1 aromatic carbocycles. The van der Waals surface area contributed by atoms with E-state index in [0.717, 1.165) is 12.1 Å². The molecule has 2 N–H and O–H groups in total. The van der Waals surface area contributed by atoms with E-state index in [1.54, 1.807) is 0 Å². The maximum absolute atomic E-state index is 13.4. The Morgan fingerprint density at radius 3 is 2.56 bits per heavy atom. The Labute approximate surface area is 106 Å². The maximum Gasteiger partial charge on any atom is 0.271 e. The van der Waals surface area contributed by atoms with Crippen molar-refractivity contribution in [1.29, 1.82) is 0 Å². The summed E-state index contributed by atoms with van der Waals surface area (Å²) >= 11 is 0. The Hall–Kier alpha value is -1.69. The summed E-state index contributed by atoms with van der Waals surface area (Å²) in [5.41, 5.74) is 0.0192. The summed E-state index contributed by atoms with van der Waals surface area (Å²) < 4.78 is 13.4. The third-order valence-electron chi connectivity index (χ3n) is 2.26. The molecule has 0 aliphatic rings. The molecule has 0 unspecified atom stereocenters. The highest BCUT2D eigenvalue weighted by Gasteiger charge is 2.11. The van der Waals surface area contributed by atoms with Gasteiger partial charge in [0.1, 0.15) is 5.82 Å². The van der Waals surface area contributed by atoms with Gasteiger partial charge in [-0.1, -0.05) is 0 Å². The zero-order valence-electron chi connectivity index (χ0n) is 10.8. The molecule has 5 nitrogen and oxygen atoms in total. The first kappa shape index (κ1) is 14.4. The molecular weight excluding hydrogens is 237 g/mol. The second kappa shape index (κ2) is 5.77. The summed E-state index contributed by atoms with van der Waals surface area (Å²) in [5, 5.41) is 16.6. The fraction of sp³-hybridized carbons (Fsp3) is 0.500. The van der Waals surface area contributed by atoms with E-state index in [-0.39, 0.29) is 16.9 Å². The number of nitrogens with one attached hydrogen (secondary N) is 2. The van der Waals surface area contributed by atoms with E-state index in [4.69, 9.17) is 0 Å². The first-order valence-electron chi connectivity index (χ1n) is 5.72. The minimum absolute atomic E-state index is 0.0110. The van der Waals surface area contributed by atoms with Crippen molar-refractivity contribution in [2.24, 2.45) is 0 Å². The Balaban J connectivity index is 2.56. The number of nitrogens with zero attached hydrogens (tertiary/aromatic N) is 1. The van der Waals surface area contributed by atoms with Crippen molar-refractivity contribution >= 4 is 11.4 Å². The maximum atomic E-state index is 13.4. The molecule has 18 heavy (non-hydrogen) atoms. The predicted octanol–water partition coefficient (Wildman–Crippen LogP) is 2.53. The standard InChI is InChI=1S/C12H18FN3O2/c1-12(2,3)15-7-6-14-11-8-9(16(17)18)4-5-10(11)13/h4-5,8,14-15H,6-7H2,1-3H3. The highest BCUT2D eigenvalue weighted by Crippen LogP contribution is 2.20. The normalized spacial score (nSPS) is 11.3. The average Bonchev–Trinajstić information content (AvgIpc) is 2.24. The van der Waals surface area contributed by atoms with Crippen LogP contribution in [0.2, 0.25) is 0 Å². The van der Waals surface area contributed by atoms with Crippen LogP contribution in [0.3, 0.4) is 0 Å². The molecule has 6 heteroatoms. The van der Waals surface area contributed by atoms with Gasteiger partial charge in [0.2, 0.25) is 0 Å². The molecule has 0 amide bonds. The lowest BCUT2D eigenvalue weighted by molar-refractivity contribution is -0.384. The van der Waals surface area contributed by atoms with Crippen molar-refractivity contribution in [3.63, 3.8) is 0 Å². The largest absolute Gasteiger partial charge is 0.381 e. The van der Waals surface area contributed by atoms with Crippen molar-refractivity contribution in [2.45, 2.75) is 26.3 Å². The second-order valence-corrected chi connectivity index (χ2v) is 5.02. The summed E-state index contributed by atoms with van der Waals surface area (Å²) in [4.78, 5) is 10.0. The Morgan fingerprint density at radius 1 is 1.33 bits per heavy atom.